The average molecular weight is 259 g/mol. The van der Waals surface area contributed by atoms with Gasteiger partial charge in [-0.25, -0.2) is 0 Å². The van der Waals surface area contributed by atoms with Crippen LogP contribution in [0.2, 0.25) is 0 Å². The van der Waals surface area contributed by atoms with E-state index in [0.717, 1.165) is 26.1 Å². The maximum Gasteiger partial charge on any atom is 0.303 e. The van der Waals surface area contributed by atoms with Gasteiger partial charge in [-0.3, -0.25) is 4.79 Å². The summed E-state index contributed by atoms with van der Waals surface area (Å²) >= 11 is 0. The smallest absolute Gasteiger partial charge is 0.303 e. The Morgan fingerprint density at radius 1 is 1.44 bits per heavy atom. The van der Waals surface area contributed by atoms with E-state index in [4.69, 9.17) is 15.9 Å². The minimum absolute atomic E-state index is 0.132. The second kappa shape index (κ2) is 8.42. The van der Waals surface area contributed by atoms with Crippen LogP contribution < -0.4 is 11.1 Å². The van der Waals surface area contributed by atoms with Crippen molar-refractivity contribution in [2.75, 3.05) is 39.3 Å². The molecule has 1 heterocycles. The molecule has 1 aliphatic rings. The molecule has 0 spiro atoms. The first-order valence-electron chi connectivity index (χ1n) is 6.64. The molecule has 18 heavy (non-hydrogen) atoms. The Bertz CT molecular complexity index is 251. The Morgan fingerprint density at radius 3 is 2.83 bits per heavy atom. The first kappa shape index (κ1) is 15.4. The fourth-order valence-corrected chi connectivity index (χ4v) is 2.62. The second-order valence-corrected chi connectivity index (χ2v) is 4.96. The van der Waals surface area contributed by atoms with Crippen LogP contribution >= 0.6 is 0 Å². The van der Waals surface area contributed by atoms with Crippen LogP contribution in [0.25, 0.3) is 0 Å². The van der Waals surface area contributed by atoms with Crippen molar-refractivity contribution in [1.29, 1.82) is 0 Å². The normalized spacial score (nSPS) is 25.2. The highest BCUT2D eigenvalue weighted by atomic mass is 16.4. The van der Waals surface area contributed by atoms with Crippen LogP contribution in [-0.2, 0) is 4.79 Å². The summed E-state index contributed by atoms with van der Waals surface area (Å²) in [7, 11) is 0. The molecule has 0 aliphatic carbocycles. The lowest BCUT2D eigenvalue weighted by Crippen LogP contribution is -2.51. The number of nitrogens with one attached hydrogen (secondary N) is 1. The van der Waals surface area contributed by atoms with E-state index in [-0.39, 0.29) is 13.0 Å². The molecule has 0 aromatic heterocycles. The first-order valence-corrected chi connectivity index (χ1v) is 6.64. The Hall–Kier alpha value is -0.690. The first-order chi connectivity index (χ1) is 8.65. The van der Waals surface area contributed by atoms with Crippen LogP contribution in [0, 0.1) is 5.92 Å². The van der Waals surface area contributed by atoms with Gasteiger partial charge in [-0.05, 0) is 18.8 Å². The Balaban J connectivity index is 2.42. The summed E-state index contributed by atoms with van der Waals surface area (Å²) < 4.78 is 0. The van der Waals surface area contributed by atoms with Crippen LogP contribution in [0.5, 0.6) is 0 Å². The van der Waals surface area contributed by atoms with Crippen LogP contribution in [0.3, 0.4) is 0 Å². The summed E-state index contributed by atoms with van der Waals surface area (Å²) in [5, 5.41) is 20.9. The molecular formula is C12H25N3O3. The number of rotatable bonds is 8. The Morgan fingerprint density at radius 2 is 2.22 bits per heavy atom. The van der Waals surface area contributed by atoms with E-state index >= 15 is 0 Å². The molecule has 1 fully saturated rings. The number of carboxylic acid groups (broad SMARTS) is 1. The molecule has 6 heteroatoms. The highest BCUT2D eigenvalue weighted by Gasteiger charge is 2.26. The third kappa shape index (κ3) is 5.77. The highest BCUT2D eigenvalue weighted by molar-refractivity contribution is 5.66. The lowest BCUT2D eigenvalue weighted by molar-refractivity contribution is -0.137. The number of aliphatic hydroxyl groups excluding tert-OH is 1. The van der Waals surface area contributed by atoms with Gasteiger partial charge < -0.3 is 26.2 Å². The molecule has 0 saturated carbocycles. The number of hydrogen-bond donors (Lipinski definition) is 4. The summed E-state index contributed by atoms with van der Waals surface area (Å²) in [6.07, 6.45) is 1.93. The minimum Gasteiger partial charge on any atom is -0.481 e. The van der Waals surface area contributed by atoms with Gasteiger partial charge in [0.05, 0.1) is 6.61 Å². The van der Waals surface area contributed by atoms with Crippen LogP contribution in [0.4, 0.5) is 0 Å². The fraction of sp³-hybridized carbons (Fsp3) is 0.917. The number of likely N-dealkylation sites (tertiary alicyclic amines) is 1. The van der Waals surface area contributed by atoms with E-state index in [1.807, 2.05) is 0 Å². The number of aliphatic hydroxyl groups is 1. The molecule has 0 bridgehead atoms. The van der Waals surface area contributed by atoms with Crippen LogP contribution in [-0.4, -0.2) is 66.5 Å². The molecule has 1 rings (SSSR count). The summed E-state index contributed by atoms with van der Waals surface area (Å²) in [4.78, 5) is 12.9. The maximum atomic E-state index is 10.6. The monoisotopic (exact) mass is 259 g/mol. The standard InChI is InChI=1S/C12H25N3O3/c13-3-5-15-8-10(1-2-12(17)18)7-11(9-15)14-4-6-16/h10-11,14,16H,1-9,13H2,(H,17,18). The van der Waals surface area contributed by atoms with E-state index < -0.39 is 5.97 Å². The third-order valence-corrected chi connectivity index (χ3v) is 3.37. The zero-order valence-electron chi connectivity index (χ0n) is 10.8. The Kier molecular flexibility index (Phi) is 7.19. The van der Waals surface area contributed by atoms with Gasteiger partial charge in [0.15, 0.2) is 0 Å². The molecule has 106 valence electrons. The highest BCUT2D eigenvalue weighted by Crippen LogP contribution is 2.21. The van der Waals surface area contributed by atoms with Crippen molar-refractivity contribution >= 4 is 5.97 Å². The average Bonchev–Trinajstić information content (AvgIpc) is 2.34. The van der Waals surface area contributed by atoms with Crippen molar-refractivity contribution < 1.29 is 15.0 Å². The molecule has 5 N–H and O–H groups in total. The van der Waals surface area contributed by atoms with Crippen molar-refractivity contribution in [2.45, 2.75) is 25.3 Å². The fourth-order valence-electron chi connectivity index (χ4n) is 2.62. The minimum atomic E-state index is -0.731. The van der Waals surface area contributed by atoms with Crippen molar-refractivity contribution in [3.63, 3.8) is 0 Å². The summed E-state index contributed by atoms with van der Waals surface area (Å²) in [5.41, 5.74) is 5.58. The summed E-state index contributed by atoms with van der Waals surface area (Å²) in [5.74, 6) is -0.330. The van der Waals surface area contributed by atoms with E-state index in [2.05, 4.69) is 10.2 Å². The largest absolute Gasteiger partial charge is 0.481 e. The number of piperidine rings is 1. The lowest BCUT2D eigenvalue weighted by atomic mass is 9.90. The van der Waals surface area contributed by atoms with Crippen molar-refractivity contribution in [1.82, 2.24) is 10.2 Å². The molecule has 2 atom stereocenters. The molecule has 0 aromatic rings. The van der Waals surface area contributed by atoms with Gasteiger partial charge in [0.1, 0.15) is 0 Å². The van der Waals surface area contributed by atoms with Crippen LogP contribution in [0.1, 0.15) is 19.3 Å². The van der Waals surface area contributed by atoms with Gasteiger partial charge in [0, 0.05) is 45.2 Å². The molecule has 0 aromatic carbocycles. The van der Waals surface area contributed by atoms with Gasteiger partial charge in [-0.15, -0.1) is 0 Å². The number of carbonyl (C=O) groups is 1. The lowest BCUT2D eigenvalue weighted by Gasteiger charge is -2.38. The summed E-state index contributed by atoms with van der Waals surface area (Å²) in [6, 6.07) is 0.330. The number of nitrogens with two attached hydrogens (primary N) is 1. The topological polar surface area (TPSA) is 98.8 Å². The molecule has 2 unspecified atom stereocenters. The van der Waals surface area contributed by atoms with Crippen molar-refractivity contribution in [3.05, 3.63) is 0 Å². The zero-order chi connectivity index (χ0) is 13.4. The molecule has 1 aliphatic heterocycles. The second-order valence-electron chi connectivity index (χ2n) is 4.96. The number of aliphatic carboxylic acids is 1. The Labute approximate surface area is 108 Å². The predicted molar refractivity (Wildman–Crippen MR) is 69.3 cm³/mol. The van der Waals surface area contributed by atoms with E-state index in [1.165, 1.54) is 0 Å². The number of hydrogen-bond acceptors (Lipinski definition) is 5. The predicted octanol–water partition coefficient (Wildman–Crippen LogP) is -0.918. The SMILES string of the molecule is NCCN1CC(CCC(=O)O)CC(NCCO)C1. The van der Waals surface area contributed by atoms with Gasteiger partial charge in [-0.2, -0.15) is 0 Å². The quantitative estimate of drug-likeness (QED) is 0.450. The van der Waals surface area contributed by atoms with Crippen molar-refractivity contribution in [3.8, 4) is 0 Å². The molecule has 1 saturated heterocycles. The number of nitrogens with zero attached hydrogens (tertiary/aromatic N) is 1. The van der Waals surface area contributed by atoms with Gasteiger partial charge in [0.25, 0.3) is 0 Å². The van der Waals surface area contributed by atoms with Gasteiger partial charge >= 0.3 is 5.97 Å². The number of carboxylic acids is 1. The maximum absolute atomic E-state index is 10.6. The molecule has 0 amide bonds. The summed E-state index contributed by atoms with van der Waals surface area (Å²) in [6.45, 7) is 4.06. The van der Waals surface area contributed by atoms with Crippen molar-refractivity contribution in [2.24, 2.45) is 11.7 Å². The van der Waals surface area contributed by atoms with E-state index in [0.29, 0.717) is 31.5 Å². The van der Waals surface area contributed by atoms with Gasteiger partial charge in [-0.1, -0.05) is 0 Å². The van der Waals surface area contributed by atoms with E-state index in [1.54, 1.807) is 0 Å². The van der Waals surface area contributed by atoms with Gasteiger partial charge in [0.2, 0.25) is 0 Å². The molecule has 0 radical (unpaired) electrons. The third-order valence-electron chi connectivity index (χ3n) is 3.37. The van der Waals surface area contributed by atoms with E-state index in [9.17, 15) is 4.79 Å². The molecular weight excluding hydrogens is 234 g/mol. The molecule has 6 nitrogen and oxygen atoms in total. The zero-order valence-corrected chi connectivity index (χ0v) is 10.8. The van der Waals surface area contributed by atoms with Crippen LogP contribution in [0.15, 0.2) is 0 Å².